The summed E-state index contributed by atoms with van der Waals surface area (Å²) in [6.45, 7) is 0.560. The van der Waals surface area contributed by atoms with E-state index in [0.29, 0.717) is 0 Å². The molecule has 208 valence electrons. The minimum Gasteiger partial charge on any atom is -0.507 e. The van der Waals surface area contributed by atoms with Gasteiger partial charge >= 0.3 is 0 Å². The molecule has 5 rings (SSSR count). The zero-order chi connectivity index (χ0) is 28.4. The van der Waals surface area contributed by atoms with Gasteiger partial charge in [-0.15, -0.1) is 0 Å². The van der Waals surface area contributed by atoms with E-state index in [0.717, 1.165) is 0 Å². The summed E-state index contributed by atoms with van der Waals surface area (Å²) in [5.74, 6) is -3.77. The summed E-state index contributed by atoms with van der Waals surface area (Å²) < 4.78 is 17.0. The van der Waals surface area contributed by atoms with Crippen LogP contribution in [0.15, 0.2) is 18.2 Å². The lowest BCUT2D eigenvalue weighted by molar-refractivity contribution is -0.247. The molecule has 0 aromatic heterocycles. The molecule has 3 aliphatic rings. The molecular formula is C27H29NO11. The van der Waals surface area contributed by atoms with Crippen molar-refractivity contribution >= 4 is 17.3 Å². The van der Waals surface area contributed by atoms with E-state index in [1.807, 2.05) is 0 Å². The van der Waals surface area contributed by atoms with Crippen LogP contribution in [-0.2, 0) is 20.7 Å². The third-order valence-electron chi connectivity index (χ3n) is 7.81. The molecule has 1 aliphatic heterocycles. The zero-order valence-electron chi connectivity index (χ0n) is 21.2. The normalized spacial score (nSPS) is 29.8. The predicted molar refractivity (Wildman–Crippen MR) is 132 cm³/mol. The number of hydrogen-bond acceptors (Lipinski definition) is 12. The van der Waals surface area contributed by atoms with E-state index >= 15 is 0 Å². The number of carbonyl (C=O) groups is 3. The lowest BCUT2D eigenvalue weighted by Crippen LogP contribution is -2.53. The number of methoxy groups -OCH3 is 1. The third kappa shape index (κ3) is 4.11. The van der Waals surface area contributed by atoms with Crippen LogP contribution >= 0.6 is 0 Å². The maximum atomic E-state index is 13.6. The molecule has 0 saturated carbocycles. The molecule has 6 atom stereocenters. The van der Waals surface area contributed by atoms with Crippen molar-refractivity contribution in [1.29, 1.82) is 0 Å². The number of ether oxygens (including phenoxy) is 3. The molecule has 0 amide bonds. The number of phenols is 2. The van der Waals surface area contributed by atoms with Crippen LogP contribution in [0.3, 0.4) is 0 Å². The number of carbonyl (C=O) groups excluding carboxylic acids is 3. The van der Waals surface area contributed by atoms with Crippen molar-refractivity contribution in [2.45, 2.75) is 62.4 Å². The highest BCUT2D eigenvalue weighted by molar-refractivity contribution is 6.31. The number of rotatable bonds is 5. The van der Waals surface area contributed by atoms with Gasteiger partial charge in [0.15, 0.2) is 17.9 Å². The number of nitrogens with two attached hydrogens (primary N) is 1. The average Bonchev–Trinajstić information content (AvgIpc) is 2.90. The van der Waals surface area contributed by atoms with E-state index < -0.39 is 95.7 Å². The van der Waals surface area contributed by atoms with Crippen LogP contribution in [0.2, 0.25) is 0 Å². The summed E-state index contributed by atoms with van der Waals surface area (Å²) in [6.07, 6.45) is -5.12. The first kappa shape index (κ1) is 27.2. The van der Waals surface area contributed by atoms with Crippen molar-refractivity contribution in [3.63, 3.8) is 0 Å². The van der Waals surface area contributed by atoms with Crippen LogP contribution in [-0.4, -0.2) is 86.7 Å². The number of benzene rings is 2. The topological polar surface area (TPSA) is 206 Å². The van der Waals surface area contributed by atoms with Gasteiger partial charge in [0.25, 0.3) is 0 Å². The molecule has 2 aromatic carbocycles. The molecule has 0 radical (unpaired) electrons. The minimum absolute atomic E-state index is 0.0173. The molecule has 39 heavy (non-hydrogen) atoms. The van der Waals surface area contributed by atoms with Crippen LogP contribution in [0.4, 0.5) is 0 Å². The summed E-state index contributed by atoms with van der Waals surface area (Å²) in [4.78, 5) is 39.7. The molecule has 12 nitrogen and oxygen atoms in total. The van der Waals surface area contributed by atoms with Gasteiger partial charge in [-0.3, -0.25) is 14.4 Å². The number of ketones is 3. The fourth-order valence-corrected chi connectivity index (χ4v) is 5.75. The number of aromatic hydroxyl groups is 2. The lowest BCUT2D eigenvalue weighted by Gasteiger charge is -2.42. The van der Waals surface area contributed by atoms with Gasteiger partial charge < -0.3 is 45.5 Å². The van der Waals surface area contributed by atoms with Gasteiger partial charge in [-0.05, 0) is 13.0 Å². The van der Waals surface area contributed by atoms with Gasteiger partial charge in [-0.1, -0.05) is 12.1 Å². The molecule has 1 saturated heterocycles. The first-order chi connectivity index (χ1) is 18.4. The zero-order valence-corrected chi connectivity index (χ0v) is 21.2. The summed E-state index contributed by atoms with van der Waals surface area (Å²) in [7, 11) is 1.32. The molecule has 2 aliphatic carbocycles. The van der Waals surface area contributed by atoms with E-state index in [1.165, 1.54) is 25.3 Å². The van der Waals surface area contributed by atoms with Gasteiger partial charge in [0, 0.05) is 42.0 Å². The van der Waals surface area contributed by atoms with E-state index in [-0.39, 0.29) is 34.4 Å². The van der Waals surface area contributed by atoms with Crippen molar-refractivity contribution < 1.29 is 54.1 Å². The number of fused-ring (bicyclic) bond motifs is 3. The van der Waals surface area contributed by atoms with E-state index in [9.17, 15) is 39.9 Å². The standard InChI is InChI=1S/C27H29NO11/c1-10-22(31)13(28)6-17(38-10)39-15-8-27(36,16(30)9-29)7-12-19(15)26(35)21-20(24(12)33)23(32)11-4-3-5-14(37-2)18(11)25(21)34/h3-5,10,13,15,17,22,29,31,33,35-36H,6-9,28H2,1-2H3/t10-,13-,15-,17-,22+,27+/m0/s1. The molecular weight excluding hydrogens is 514 g/mol. The van der Waals surface area contributed by atoms with Crippen molar-refractivity contribution in [3.8, 4) is 17.2 Å². The third-order valence-corrected chi connectivity index (χ3v) is 7.81. The fourth-order valence-electron chi connectivity index (χ4n) is 5.75. The SMILES string of the molecule is COc1cccc2c1C(=O)c1c(O)c3c(c(O)c1C2=O)C[C@](O)(C(=O)CO)C[C@@H]3O[C@H]1C[C@H](N)[C@H](O)[C@H](C)O1. The predicted octanol–water partition coefficient (Wildman–Crippen LogP) is 0.00130. The van der Waals surface area contributed by atoms with Gasteiger partial charge in [0.2, 0.25) is 5.78 Å². The lowest BCUT2D eigenvalue weighted by atomic mass is 9.72. The molecule has 2 aromatic rings. The maximum Gasteiger partial charge on any atom is 0.202 e. The highest BCUT2D eigenvalue weighted by Crippen LogP contribution is 2.52. The second-order valence-electron chi connectivity index (χ2n) is 10.2. The van der Waals surface area contributed by atoms with Crippen molar-refractivity contribution in [2.24, 2.45) is 5.73 Å². The quantitative estimate of drug-likeness (QED) is 0.235. The molecule has 1 fully saturated rings. The Morgan fingerprint density at radius 1 is 1.15 bits per heavy atom. The highest BCUT2D eigenvalue weighted by atomic mass is 16.7. The molecule has 7 N–H and O–H groups in total. The molecule has 0 bridgehead atoms. The summed E-state index contributed by atoms with van der Waals surface area (Å²) >= 11 is 0. The Morgan fingerprint density at radius 2 is 1.85 bits per heavy atom. The van der Waals surface area contributed by atoms with Gasteiger partial charge in [0.1, 0.15) is 29.5 Å². The maximum absolute atomic E-state index is 13.6. The average molecular weight is 544 g/mol. The number of aliphatic hydroxyl groups excluding tert-OH is 2. The van der Waals surface area contributed by atoms with Crippen molar-refractivity contribution in [3.05, 3.63) is 51.6 Å². The van der Waals surface area contributed by atoms with E-state index in [2.05, 4.69) is 0 Å². The van der Waals surface area contributed by atoms with Crippen molar-refractivity contribution in [2.75, 3.05) is 13.7 Å². The Balaban J connectivity index is 1.69. The largest absolute Gasteiger partial charge is 0.507 e. The summed E-state index contributed by atoms with van der Waals surface area (Å²) in [6, 6.07) is 3.64. The second-order valence-corrected chi connectivity index (χ2v) is 10.2. The van der Waals surface area contributed by atoms with E-state index in [1.54, 1.807) is 6.92 Å². The van der Waals surface area contributed by atoms with Crippen LogP contribution in [0, 0.1) is 0 Å². The Bertz CT molecular complexity index is 1380. The monoisotopic (exact) mass is 543 g/mol. The van der Waals surface area contributed by atoms with Gasteiger partial charge in [-0.2, -0.15) is 0 Å². The number of phenolic OH excluding ortho intramolecular Hbond substituents is 2. The van der Waals surface area contributed by atoms with Crippen LogP contribution in [0.1, 0.15) is 68.8 Å². The number of aliphatic hydroxyl groups is 3. The van der Waals surface area contributed by atoms with Crippen LogP contribution in [0.25, 0.3) is 0 Å². The molecule has 12 heteroatoms. The smallest absolute Gasteiger partial charge is 0.202 e. The van der Waals surface area contributed by atoms with Crippen LogP contribution in [0.5, 0.6) is 17.2 Å². The molecule has 1 heterocycles. The number of hydrogen-bond donors (Lipinski definition) is 6. The Labute approximate surface area is 222 Å². The highest BCUT2D eigenvalue weighted by Gasteiger charge is 2.50. The van der Waals surface area contributed by atoms with E-state index in [4.69, 9.17) is 19.9 Å². The minimum atomic E-state index is -2.24. The molecule has 0 unspecified atom stereocenters. The van der Waals surface area contributed by atoms with Crippen LogP contribution < -0.4 is 10.5 Å². The Kier molecular flexibility index (Phi) is 6.74. The Morgan fingerprint density at radius 3 is 2.49 bits per heavy atom. The number of Topliss-reactive ketones (excluding diaryl/α,β-unsaturated/α-hetero) is 1. The first-order valence-electron chi connectivity index (χ1n) is 12.4. The van der Waals surface area contributed by atoms with Gasteiger partial charge in [0.05, 0.1) is 42.1 Å². The Hall–Kier alpha value is -3.39. The van der Waals surface area contributed by atoms with Crippen molar-refractivity contribution in [1.82, 2.24) is 0 Å². The first-order valence-corrected chi connectivity index (χ1v) is 12.4. The second kappa shape index (κ2) is 9.66. The summed E-state index contributed by atoms with van der Waals surface area (Å²) in [5.41, 5.74) is 2.37. The molecule has 0 spiro atoms. The summed E-state index contributed by atoms with van der Waals surface area (Å²) in [5, 5.41) is 53.7. The van der Waals surface area contributed by atoms with Gasteiger partial charge in [-0.25, -0.2) is 0 Å². The fraction of sp³-hybridized carbons (Fsp3) is 0.444.